The van der Waals surface area contributed by atoms with Gasteiger partial charge in [-0.15, -0.1) is 0 Å². The van der Waals surface area contributed by atoms with Crippen LogP contribution in [-0.4, -0.2) is 18.5 Å². The molecule has 26 heavy (non-hydrogen) atoms. The van der Waals surface area contributed by atoms with Gasteiger partial charge in [0.25, 0.3) is 0 Å². The zero-order valence-electron chi connectivity index (χ0n) is 14.0. The maximum Gasteiger partial charge on any atom is 0.363 e. The maximum atomic E-state index is 12.2. The molecule has 0 saturated heterocycles. The summed E-state index contributed by atoms with van der Waals surface area (Å²) in [6.45, 7) is 6.11. The van der Waals surface area contributed by atoms with Crippen LogP contribution in [0.1, 0.15) is 16.7 Å². The van der Waals surface area contributed by atoms with Gasteiger partial charge in [-0.1, -0.05) is 30.4 Å². The number of esters is 1. The van der Waals surface area contributed by atoms with Crippen molar-refractivity contribution >= 4 is 63.1 Å². The smallest absolute Gasteiger partial charge is 0.363 e. The molecule has 2 aromatic carbocycles. The van der Waals surface area contributed by atoms with Crippen molar-refractivity contribution in [3.63, 3.8) is 0 Å². The minimum Gasteiger partial charge on any atom is -0.487 e. The fourth-order valence-electron chi connectivity index (χ4n) is 2.33. The van der Waals surface area contributed by atoms with Crippen LogP contribution in [0.5, 0.6) is 5.75 Å². The molecule has 0 spiro atoms. The SMILES string of the molecule is C=CCOc1c(I)cc(/C=C2\N=C(c3ccc(C)cc3)OC2=O)cc1I. The number of nitrogens with zero attached hydrogens (tertiary/aromatic N) is 1. The highest BCUT2D eigenvalue weighted by molar-refractivity contribution is 14.1. The Labute approximate surface area is 179 Å². The second-order valence-electron chi connectivity index (χ2n) is 5.62. The van der Waals surface area contributed by atoms with Gasteiger partial charge in [0.05, 0.1) is 7.14 Å². The minimum absolute atomic E-state index is 0.284. The third-order valence-electron chi connectivity index (χ3n) is 3.59. The molecule has 0 N–H and O–H groups in total. The van der Waals surface area contributed by atoms with Crippen LogP contribution < -0.4 is 4.74 Å². The lowest BCUT2D eigenvalue weighted by molar-refractivity contribution is -0.129. The molecule has 1 heterocycles. The fraction of sp³-hybridized carbons (Fsp3) is 0.100. The zero-order chi connectivity index (χ0) is 18.7. The molecule has 4 nitrogen and oxygen atoms in total. The van der Waals surface area contributed by atoms with Crippen LogP contribution in [0.3, 0.4) is 0 Å². The van der Waals surface area contributed by atoms with Crippen LogP contribution in [0.2, 0.25) is 0 Å². The Hall–Kier alpha value is -1.68. The van der Waals surface area contributed by atoms with Crippen molar-refractivity contribution in [2.75, 3.05) is 6.61 Å². The molecule has 2 aromatic rings. The number of carbonyl (C=O) groups excluding carboxylic acids is 1. The Morgan fingerprint density at radius 1 is 1.19 bits per heavy atom. The van der Waals surface area contributed by atoms with Gasteiger partial charge in [-0.25, -0.2) is 9.79 Å². The third-order valence-corrected chi connectivity index (χ3v) is 5.19. The van der Waals surface area contributed by atoms with Gasteiger partial charge in [-0.05, 0) is 88.0 Å². The van der Waals surface area contributed by atoms with Gasteiger partial charge in [-0.2, -0.15) is 0 Å². The van der Waals surface area contributed by atoms with Crippen LogP contribution >= 0.6 is 45.2 Å². The first-order chi connectivity index (χ1) is 12.5. The first-order valence-electron chi connectivity index (χ1n) is 7.80. The van der Waals surface area contributed by atoms with E-state index in [1.807, 2.05) is 43.3 Å². The Balaban J connectivity index is 1.90. The summed E-state index contributed by atoms with van der Waals surface area (Å²) >= 11 is 4.43. The topological polar surface area (TPSA) is 47.9 Å². The molecule has 6 heteroatoms. The number of rotatable bonds is 5. The molecule has 0 radical (unpaired) electrons. The minimum atomic E-state index is -0.447. The quantitative estimate of drug-likeness (QED) is 0.217. The van der Waals surface area contributed by atoms with Gasteiger partial charge in [0.2, 0.25) is 5.90 Å². The van der Waals surface area contributed by atoms with Gasteiger partial charge < -0.3 is 9.47 Å². The highest BCUT2D eigenvalue weighted by atomic mass is 127. The molecule has 0 fully saturated rings. The highest BCUT2D eigenvalue weighted by Crippen LogP contribution is 2.30. The molecule has 0 aliphatic carbocycles. The van der Waals surface area contributed by atoms with E-state index >= 15 is 0 Å². The van der Waals surface area contributed by atoms with Crippen LogP contribution in [0.15, 0.2) is 59.7 Å². The lowest BCUT2D eigenvalue weighted by Gasteiger charge is -2.09. The summed E-state index contributed by atoms with van der Waals surface area (Å²) in [5, 5.41) is 0. The van der Waals surface area contributed by atoms with Crippen molar-refractivity contribution in [2.45, 2.75) is 6.92 Å². The predicted molar refractivity (Wildman–Crippen MR) is 119 cm³/mol. The van der Waals surface area contributed by atoms with Crippen molar-refractivity contribution in [1.29, 1.82) is 0 Å². The van der Waals surface area contributed by atoms with E-state index in [1.54, 1.807) is 12.2 Å². The largest absolute Gasteiger partial charge is 0.487 e. The Morgan fingerprint density at radius 2 is 1.85 bits per heavy atom. The van der Waals surface area contributed by atoms with E-state index in [0.29, 0.717) is 12.5 Å². The van der Waals surface area contributed by atoms with Gasteiger partial charge in [0.15, 0.2) is 5.70 Å². The summed E-state index contributed by atoms with van der Waals surface area (Å²) in [6, 6.07) is 11.6. The predicted octanol–water partition coefficient (Wildman–Crippen LogP) is 5.11. The average Bonchev–Trinajstić information content (AvgIpc) is 2.95. The normalized spacial score (nSPS) is 15.0. The fourth-order valence-corrected chi connectivity index (χ4v) is 4.46. The van der Waals surface area contributed by atoms with E-state index in [4.69, 9.17) is 9.47 Å². The third kappa shape index (κ3) is 4.35. The van der Waals surface area contributed by atoms with Gasteiger partial charge in [0.1, 0.15) is 12.4 Å². The Kier molecular flexibility index (Phi) is 6.13. The summed E-state index contributed by atoms with van der Waals surface area (Å²) < 4.78 is 12.9. The van der Waals surface area contributed by atoms with E-state index in [2.05, 4.69) is 56.8 Å². The monoisotopic (exact) mass is 571 g/mol. The second-order valence-corrected chi connectivity index (χ2v) is 7.94. The standard InChI is InChI=1S/C20H15I2NO3/c1-3-8-25-18-15(21)9-13(10-16(18)22)11-17-20(24)26-19(23-17)14-6-4-12(2)5-7-14/h3-7,9-11H,1,8H2,2H3/b17-11-. The number of carbonyl (C=O) groups is 1. The van der Waals surface area contributed by atoms with Crippen molar-refractivity contribution < 1.29 is 14.3 Å². The summed E-state index contributed by atoms with van der Waals surface area (Å²) in [5.74, 6) is 0.695. The zero-order valence-corrected chi connectivity index (χ0v) is 18.3. The highest BCUT2D eigenvalue weighted by Gasteiger charge is 2.24. The Morgan fingerprint density at radius 3 is 2.46 bits per heavy atom. The van der Waals surface area contributed by atoms with Gasteiger partial charge in [-0.3, -0.25) is 0 Å². The number of aliphatic imine (C=N–C) groups is 1. The van der Waals surface area contributed by atoms with E-state index < -0.39 is 5.97 Å². The number of hydrogen-bond acceptors (Lipinski definition) is 4. The molecule has 3 rings (SSSR count). The first-order valence-corrected chi connectivity index (χ1v) is 9.96. The lowest BCUT2D eigenvalue weighted by Crippen LogP contribution is -2.05. The summed E-state index contributed by atoms with van der Waals surface area (Å²) in [5.41, 5.74) is 3.07. The molecular weight excluding hydrogens is 556 g/mol. The van der Waals surface area contributed by atoms with Gasteiger partial charge in [0, 0.05) is 5.56 Å². The maximum absolute atomic E-state index is 12.2. The van der Waals surface area contributed by atoms with E-state index in [9.17, 15) is 4.79 Å². The molecule has 0 aromatic heterocycles. The Bertz CT molecular complexity index is 908. The van der Waals surface area contributed by atoms with Crippen molar-refractivity contribution in [3.8, 4) is 5.75 Å². The van der Waals surface area contributed by atoms with Crippen LogP contribution in [-0.2, 0) is 9.53 Å². The second kappa shape index (κ2) is 8.34. The average molecular weight is 571 g/mol. The first kappa shape index (κ1) is 19.1. The molecule has 132 valence electrons. The number of ether oxygens (including phenoxy) is 2. The molecule has 0 atom stereocenters. The van der Waals surface area contributed by atoms with Crippen molar-refractivity contribution in [3.05, 3.63) is 78.6 Å². The van der Waals surface area contributed by atoms with E-state index in [1.165, 1.54) is 0 Å². The van der Waals surface area contributed by atoms with E-state index in [0.717, 1.165) is 29.6 Å². The lowest BCUT2D eigenvalue weighted by atomic mass is 10.1. The van der Waals surface area contributed by atoms with E-state index in [-0.39, 0.29) is 5.70 Å². The number of aryl methyl sites for hydroxylation is 1. The number of hydrogen-bond donors (Lipinski definition) is 0. The number of halogens is 2. The molecule has 1 aliphatic heterocycles. The molecule has 0 unspecified atom stereocenters. The van der Waals surface area contributed by atoms with Crippen LogP contribution in [0.25, 0.3) is 6.08 Å². The van der Waals surface area contributed by atoms with Crippen LogP contribution in [0.4, 0.5) is 0 Å². The molecular formula is C20H15I2NO3. The molecule has 1 aliphatic rings. The number of cyclic esters (lactones) is 1. The van der Waals surface area contributed by atoms with Gasteiger partial charge >= 0.3 is 5.97 Å². The molecule has 0 amide bonds. The number of benzene rings is 2. The molecule has 0 saturated carbocycles. The summed E-state index contributed by atoms with van der Waals surface area (Å²) in [7, 11) is 0. The molecule has 0 bridgehead atoms. The van der Waals surface area contributed by atoms with Crippen molar-refractivity contribution in [1.82, 2.24) is 0 Å². The van der Waals surface area contributed by atoms with Crippen LogP contribution in [0, 0.1) is 14.1 Å². The summed E-state index contributed by atoms with van der Waals surface area (Å²) in [4.78, 5) is 16.5. The summed E-state index contributed by atoms with van der Waals surface area (Å²) in [6.07, 6.45) is 3.43. The van der Waals surface area contributed by atoms with Crippen molar-refractivity contribution in [2.24, 2.45) is 4.99 Å².